The van der Waals surface area contributed by atoms with E-state index in [4.69, 9.17) is 4.74 Å². The van der Waals surface area contributed by atoms with Gasteiger partial charge in [-0.15, -0.1) is 0 Å². The number of hydrogen-bond donors (Lipinski definition) is 3. The Kier molecular flexibility index (Phi) is 5.54. The van der Waals surface area contributed by atoms with Crippen molar-refractivity contribution in [3.63, 3.8) is 0 Å². The molecule has 12 heteroatoms. The van der Waals surface area contributed by atoms with Gasteiger partial charge in [-0.25, -0.2) is 27.5 Å². The molecule has 2 aliphatic rings. The zero-order valence-electron chi connectivity index (χ0n) is 19.8. The molecule has 0 bridgehead atoms. The predicted molar refractivity (Wildman–Crippen MR) is 128 cm³/mol. The molecule has 4 aromatic rings. The first-order chi connectivity index (χ1) is 17.7. The van der Waals surface area contributed by atoms with Gasteiger partial charge in [0, 0.05) is 47.2 Å². The number of fused-ring (bicyclic) bond motifs is 1. The Bertz CT molecular complexity index is 1460. The van der Waals surface area contributed by atoms with Gasteiger partial charge in [-0.3, -0.25) is 5.10 Å². The summed E-state index contributed by atoms with van der Waals surface area (Å²) in [6.45, 7) is 1.93. The standard InChI is InChI=1S/C25H24F3N7O2/c1-25(2-3-25)31-24(36)37-21-9-14(8-17(21)28)18-12-22(33-32-18)30-23-20-11-19(34-35(20)5-4-29-23)13-6-15(26)10-16(27)7-13/h4-7,10-12,14,17,21H,2-3,8-9H2,1H3,(H,31,36)(H2,29,30,32,33)/t14-,17+,21-/m0/s1. The minimum absolute atomic E-state index is 0.194. The van der Waals surface area contributed by atoms with Crippen LogP contribution in [0, 0.1) is 11.6 Å². The number of carbonyl (C=O) groups is 1. The molecule has 0 aliphatic heterocycles. The number of alkyl carbamates (subject to hydrolysis) is 1. The molecule has 0 saturated heterocycles. The second-order valence-corrected chi connectivity index (χ2v) is 9.94. The van der Waals surface area contributed by atoms with Crippen molar-refractivity contribution in [1.82, 2.24) is 30.1 Å². The van der Waals surface area contributed by atoms with E-state index in [2.05, 4.69) is 30.9 Å². The van der Waals surface area contributed by atoms with Crippen LogP contribution in [0.15, 0.2) is 42.7 Å². The van der Waals surface area contributed by atoms with Gasteiger partial charge in [0.2, 0.25) is 0 Å². The van der Waals surface area contributed by atoms with Crippen molar-refractivity contribution in [3.05, 3.63) is 60.1 Å². The lowest BCUT2D eigenvalue weighted by molar-refractivity contribution is 0.0583. The zero-order chi connectivity index (χ0) is 25.7. The van der Waals surface area contributed by atoms with Gasteiger partial charge in [0.15, 0.2) is 11.6 Å². The molecule has 37 heavy (non-hydrogen) atoms. The molecule has 1 aromatic carbocycles. The molecule has 6 rings (SSSR count). The van der Waals surface area contributed by atoms with Gasteiger partial charge in [0.25, 0.3) is 0 Å². The van der Waals surface area contributed by atoms with Crippen molar-refractivity contribution < 1.29 is 22.7 Å². The second kappa shape index (κ2) is 8.79. The second-order valence-electron chi connectivity index (χ2n) is 9.94. The summed E-state index contributed by atoms with van der Waals surface area (Å²) in [5.41, 5.74) is 1.73. The van der Waals surface area contributed by atoms with Crippen LogP contribution in [0.2, 0.25) is 0 Å². The largest absolute Gasteiger partial charge is 0.443 e. The Morgan fingerprint density at radius 3 is 2.70 bits per heavy atom. The highest BCUT2D eigenvalue weighted by molar-refractivity contribution is 5.77. The van der Waals surface area contributed by atoms with Crippen LogP contribution in [0.1, 0.15) is 44.2 Å². The van der Waals surface area contributed by atoms with Gasteiger partial charge in [0.05, 0.1) is 5.69 Å². The maximum absolute atomic E-state index is 14.6. The number of aromatic nitrogens is 5. The Hall–Kier alpha value is -4.09. The number of amides is 1. The molecule has 0 unspecified atom stereocenters. The van der Waals surface area contributed by atoms with E-state index in [1.54, 1.807) is 22.8 Å². The van der Waals surface area contributed by atoms with Crippen LogP contribution in [-0.4, -0.2) is 48.7 Å². The number of nitrogens with zero attached hydrogens (tertiary/aromatic N) is 4. The van der Waals surface area contributed by atoms with E-state index in [0.717, 1.165) is 18.9 Å². The SMILES string of the molecule is CC1(NC(=O)O[C@H]2C[C@@H](c3cc(Nc4nccn5nc(-c6cc(F)cc(F)c6)cc45)n[nH]3)C[C@H]2F)CC1. The molecule has 3 heterocycles. The molecule has 2 saturated carbocycles. The number of H-pyrrole nitrogens is 1. The van der Waals surface area contributed by atoms with Crippen molar-refractivity contribution in [2.45, 2.75) is 56.3 Å². The number of aromatic amines is 1. The third kappa shape index (κ3) is 4.83. The lowest BCUT2D eigenvalue weighted by atomic mass is 10.0. The monoisotopic (exact) mass is 511 g/mol. The van der Waals surface area contributed by atoms with Gasteiger partial charge < -0.3 is 15.4 Å². The summed E-state index contributed by atoms with van der Waals surface area (Å²) < 4.78 is 48.9. The number of benzene rings is 1. The van der Waals surface area contributed by atoms with Crippen molar-refractivity contribution in [2.75, 3.05) is 5.32 Å². The first-order valence-corrected chi connectivity index (χ1v) is 12.0. The van der Waals surface area contributed by atoms with Crippen LogP contribution in [0.5, 0.6) is 0 Å². The summed E-state index contributed by atoms with van der Waals surface area (Å²) in [6, 6.07) is 6.64. The van der Waals surface area contributed by atoms with Gasteiger partial charge in [0.1, 0.15) is 29.4 Å². The summed E-state index contributed by atoms with van der Waals surface area (Å²) in [6.07, 6.45) is 2.82. The number of halogens is 3. The quantitative estimate of drug-likeness (QED) is 0.336. The molecule has 192 valence electrons. The molecular formula is C25H24F3N7O2. The van der Waals surface area contributed by atoms with Crippen LogP contribution in [0.3, 0.4) is 0 Å². The Morgan fingerprint density at radius 2 is 1.95 bits per heavy atom. The van der Waals surface area contributed by atoms with Crippen LogP contribution in [0.4, 0.5) is 29.6 Å². The van der Waals surface area contributed by atoms with E-state index < -0.39 is 30.0 Å². The highest BCUT2D eigenvalue weighted by atomic mass is 19.1. The molecule has 0 radical (unpaired) electrons. The van der Waals surface area contributed by atoms with Crippen molar-refractivity contribution >= 4 is 23.2 Å². The van der Waals surface area contributed by atoms with E-state index in [-0.39, 0.29) is 17.9 Å². The number of hydrogen-bond acceptors (Lipinski definition) is 6. The van der Waals surface area contributed by atoms with Crippen LogP contribution >= 0.6 is 0 Å². The van der Waals surface area contributed by atoms with E-state index in [0.29, 0.717) is 40.5 Å². The van der Waals surface area contributed by atoms with E-state index in [1.807, 2.05) is 6.92 Å². The minimum Gasteiger partial charge on any atom is -0.443 e. The van der Waals surface area contributed by atoms with E-state index in [9.17, 15) is 18.0 Å². The summed E-state index contributed by atoms with van der Waals surface area (Å²) in [5.74, 6) is -0.701. The Balaban J connectivity index is 1.16. The van der Waals surface area contributed by atoms with Crippen molar-refractivity contribution in [2.24, 2.45) is 0 Å². The first-order valence-electron chi connectivity index (χ1n) is 12.0. The molecule has 2 aliphatic carbocycles. The highest BCUT2D eigenvalue weighted by Gasteiger charge is 2.42. The molecule has 2 fully saturated rings. The van der Waals surface area contributed by atoms with Crippen LogP contribution < -0.4 is 10.6 Å². The predicted octanol–water partition coefficient (Wildman–Crippen LogP) is 5.00. The molecule has 3 N–H and O–H groups in total. The Labute approximate surface area is 209 Å². The van der Waals surface area contributed by atoms with Crippen LogP contribution in [-0.2, 0) is 4.74 Å². The van der Waals surface area contributed by atoms with E-state index >= 15 is 0 Å². The van der Waals surface area contributed by atoms with Crippen molar-refractivity contribution in [1.29, 1.82) is 0 Å². The fourth-order valence-corrected chi connectivity index (χ4v) is 4.64. The normalized spacial score (nSPS) is 22.2. The van der Waals surface area contributed by atoms with E-state index in [1.165, 1.54) is 18.3 Å². The smallest absolute Gasteiger partial charge is 0.407 e. The fraction of sp³-hybridized carbons (Fsp3) is 0.360. The van der Waals surface area contributed by atoms with Gasteiger partial charge in [-0.05, 0) is 50.8 Å². The molecule has 3 atom stereocenters. The molecule has 9 nitrogen and oxygen atoms in total. The molecule has 0 spiro atoms. The third-order valence-corrected chi connectivity index (χ3v) is 6.92. The fourth-order valence-electron chi connectivity index (χ4n) is 4.64. The highest BCUT2D eigenvalue weighted by Crippen LogP contribution is 2.39. The average Bonchev–Trinajstić information content (AvgIpc) is 3.22. The summed E-state index contributed by atoms with van der Waals surface area (Å²) in [7, 11) is 0. The molecule has 3 aromatic heterocycles. The van der Waals surface area contributed by atoms with Gasteiger partial charge >= 0.3 is 6.09 Å². The lowest BCUT2D eigenvalue weighted by Gasteiger charge is -2.17. The maximum Gasteiger partial charge on any atom is 0.407 e. The number of nitrogens with one attached hydrogen (secondary N) is 3. The minimum atomic E-state index is -1.27. The molecular weight excluding hydrogens is 487 g/mol. The average molecular weight is 512 g/mol. The first kappa shape index (κ1) is 23.3. The summed E-state index contributed by atoms with van der Waals surface area (Å²) in [4.78, 5) is 16.4. The third-order valence-electron chi connectivity index (χ3n) is 6.92. The number of alkyl halides is 1. The number of anilines is 2. The number of carbonyl (C=O) groups excluding carboxylic acids is 1. The molecule has 1 amide bonds. The summed E-state index contributed by atoms with van der Waals surface area (Å²) >= 11 is 0. The lowest BCUT2D eigenvalue weighted by Crippen LogP contribution is -2.38. The van der Waals surface area contributed by atoms with Crippen LogP contribution in [0.25, 0.3) is 16.8 Å². The number of rotatable bonds is 6. The van der Waals surface area contributed by atoms with Crippen molar-refractivity contribution in [3.8, 4) is 11.3 Å². The number of ether oxygens (including phenoxy) is 1. The summed E-state index contributed by atoms with van der Waals surface area (Å²) in [5, 5.41) is 17.5. The maximum atomic E-state index is 14.6. The Morgan fingerprint density at radius 1 is 1.16 bits per heavy atom. The van der Waals surface area contributed by atoms with Gasteiger partial charge in [-0.1, -0.05) is 0 Å². The zero-order valence-corrected chi connectivity index (χ0v) is 19.8. The topological polar surface area (TPSA) is 109 Å². The van der Waals surface area contributed by atoms with Gasteiger partial charge in [-0.2, -0.15) is 10.2 Å².